The molecular weight excluding hydrogens is 260 g/mol. The summed E-state index contributed by atoms with van der Waals surface area (Å²) in [4.78, 5) is 26.8. The van der Waals surface area contributed by atoms with Crippen LogP contribution in [0.2, 0.25) is 0 Å². The lowest BCUT2D eigenvalue weighted by atomic mass is 10.2. The lowest BCUT2D eigenvalue weighted by Gasteiger charge is -2.06. The fraction of sp³-hybridized carbons (Fsp3) is 0.231. The van der Waals surface area contributed by atoms with Crippen molar-refractivity contribution in [3.63, 3.8) is 0 Å². The number of aromatic nitrogens is 3. The lowest BCUT2D eigenvalue weighted by Crippen LogP contribution is -2.26. The van der Waals surface area contributed by atoms with E-state index in [4.69, 9.17) is 5.11 Å². The van der Waals surface area contributed by atoms with Crippen molar-refractivity contribution in [2.24, 2.45) is 7.05 Å². The molecule has 7 nitrogen and oxygen atoms in total. The molecule has 2 aromatic rings. The number of carboxylic acids is 1. The predicted octanol–water partition coefficient (Wildman–Crippen LogP) is 0.752. The molecule has 0 radical (unpaired) electrons. The number of carbonyl (C=O) groups is 2. The van der Waals surface area contributed by atoms with E-state index in [9.17, 15) is 9.59 Å². The minimum Gasteiger partial charge on any atom is -0.478 e. The molecule has 0 aliphatic heterocycles. The van der Waals surface area contributed by atoms with Gasteiger partial charge in [0.25, 0.3) is 5.91 Å². The Labute approximate surface area is 115 Å². The van der Waals surface area contributed by atoms with Crippen LogP contribution in [-0.2, 0) is 13.6 Å². The maximum Gasteiger partial charge on any atom is 0.338 e. The topological polar surface area (TPSA) is 97.1 Å². The van der Waals surface area contributed by atoms with Crippen molar-refractivity contribution in [3.8, 4) is 0 Å². The number of amides is 1. The van der Waals surface area contributed by atoms with Gasteiger partial charge in [0.05, 0.1) is 11.8 Å². The molecule has 2 rings (SSSR count). The van der Waals surface area contributed by atoms with Gasteiger partial charge >= 0.3 is 5.97 Å². The average Bonchev–Trinajstić information content (AvgIpc) is 2.76. The largest absolute Gasteiger partial charge is 0.478 e. The van der Waals surface area contributed by atoms with E-state index in [1.54, 1.807) is 10.9 Å². The predicted molar refractivity (Wildman–Crippen MR) is 70.3 cm³/mol. The number of carboxylic acid groups (broad SMARTS) is 1. The Morgan fingerprint density at radius 3 is 2.80 bits per heavy atom. The summed E-state index contributed by atoms with van der Waals surface area (Å²) in [5, 5.41) is 15.7. The first-order valence-electron chi connectivity index (χ1n) is 5.94. The van der Waals surface area contributed by atoms with Crippen LogP contribution in [0.5, 0.6) is 0 Å². The van der Waals surface area contributed by atoms with Gasteiger partial charge in [-0.25, -0.2) is 4.79 Å². The Kier molecular flexibility index (Phi) is 3.79. The molecule has 2 N–H and O–H groups in total. The first-order chi connectivity index (χ1) is 9.50. The van der Waals surface area contributed by atoms with Crippen molar-refractivity contribution in [1.29, 1.82) is 0 Å². The summed E-state index contributed by atoms with van der Waals surface area (Å²) in [6.45, 7) is 2.16. The van der Waals surface area contributed by atoms with Gasteiger partial charge in [-0.1, -0.05) is 0 Å². The minimum atomic E-state index is -1.18. The van der Waals surface area contributed by atoms with Gasteiger partial charge in [-0.05, 0) is 19.1 Å². The second-order valence-electron chi connectivity index (χ2n) is 4.27. The Morgan fingerprint density at radius 2 is 2.20 bits per heavy atom. The fourth-order valence-corrected chi connectivity index (χ4v) is 1.74. The molecule has 0 aliphatic rings. The van der Waals surface area contributed by atoms with Crippen LogP contribution >= 0.6 is 0 Å². The van der Waals surface area contributed by atoms with Crippen LogP contribution in [0.4, 0.5) is 0 Å². The molecule has 104 valence electrons. The van der Waals surface area contributed by atoms with E-state index >= 15 is 0 Å². The fourth-order valence-electron chi connectivity index (χ4n) is 1.74. The van der Waals surface area contributed by atoms with E-state index in [0.717, 1.165) is 11.3 Å². The third-order valence-electron chi connectivity index (χ3n) is 3.03. The Morgan fingerprint density at radius 1 is 1.45 bits per heavy atom. The molecule has 0 fully saturated rings. The van der Waals surface area contributed by atoms with Crippen LogP contribution < -0.4 is 5.32 Å². The van der Waals surface area contributed by atoms with Gasteiger partial charge in [-0.3, -0.25) is 14.5 Å². The van der Waals surface area contributed by atoms with Crippen molar-refractivity contribution < 1.29 is 14.7 Å². The molecule has 1 amide bonds. The van der Waals surface area contributed by atoms with Gasteiger partial charge in [-0.15, -0.1) is 0 Å². The SMILES string of the molecule is Cc1c(CNC(=O)c2ncccc2C(=O)O)cnn1C. The smallest absolute Gasteiger partial charge is 0.338 e. The van der Waals surface area contributed by atoms with E-state index in [1.165, 1.54) is 18.3 Å². The second kappa shape index (κ2) is 5.52. The highest BCUT2D eigenvalue weighted by Gasteiger charge is 2.17. The molecule has 2 aromatic heterocycles. The van der Waals surface area contributed by atoms with E-state index in [0.29, 0.717) is 0 Å². The third-order valence-corrected chi connectivity index (χ3v) is 3.03. The molecule has 0 saturated carbocycles. The normalized spacial score (nSPS) is 10.3. The zero-order chi connectivity index (χ0) is 14.7. The number of hydrogen-bond donors (Lipinski definition) is 2. The van der Waals surface area contributed by atoms with Gasteiger partial charge < -0.3 is 10.4 Å². The van der Waals surface area contributed by atoms with Crippen molar-refractivity contribution in [3.05, 3.63) is 47.0 Å². The minimum absolute atomic E-state index is 0.0958. The zero-order valence-corrected chi connectivity index (χ0v) is 11.1. The van der Waals surface area contributed by atoms with E-state index in [-0.39, 0.29) is 17.8 Å². The summed E-state index contributed by atoms with van der Waals surface area (Å²) < 4.78 is 1.70. The van der Waals surface area contributed by atoms with Crippen LogP contribution in [0.1, 0.15) is 32.1 Å². The van der Waals surface area contributed by atoms with E-state index in [2.05, 4.69) is 15.4 Å². The molecule has 0 saturated heterocycles. The summed E-state index contributed by atoms with van der Waals surface area (Å²) >= 11 is 0. The van der Waals surface area contributed by atoms with Gasteiger partial charge in [0.1, 0.15) is 5.69 Å². The first-order valence-corrected chi connectivity index (χ1v) is 5.94. The highest BCUT2D eigenvalue weighted by molar-refractivity contribution is 6.03. The Balaban J connectivity index is 2.13. The summed E-state index contributed by atoms with van der Waals surface area (Å²) in [7, 11) is 1.81. The molecule has 20 heavy (non-hydrogen) atoms. The van der Waals surface area contributed by atoms with Gasteiger partial charge in [0.15, 0.2) is 0 Å². The second-order valence-corrected chi connectivity index (χ2v) is 4.27. The van der Waals surface area contributed by atoms with Crippen LogP contribution in [0.3, 0.4) is 0 Å². The molecule has 7 heteroatoms. The highest BCUT2D eigenvalue weighted by Crippen LogP contribution is 2.08. The molecular formula is C13H14N4O3. The molecule has 0 atom stereocenters. The van der Waals surface area contributed by atoms with Crippen LogP contribution in [-0.4, -0.2) is 31.7 Å². The average molecular weight is 274 g/mol. The zero-order valence-electron chi connectivity index (χ0n) is 11.1. The van der Waals surface area contributed by atoms with Crippen LogP contribution in [0.25, 0.3) is 0 Å². The lowest BCUT2D eigenvalue weighted by molar-refractivity contribution is 0.0690. The number of pyridine rings is 1. The van der Waals surface area contributed by atoms with E-state index in [1.807, 2.05) is 14.0 Å². The molecule has 2 heterocycles. The molecule has 0 bridgehead atoms. The maximum atomic E-state index is 12.0. The number of hydrogen-bond acceptors (Lipinski definition) is 4. The van der Waals surface area contributed by atoms with Crippen LogP contribution in [0.15, 0.2) is 24.5 Å². The van der Waals surface area contributed by atoms with Gasteiger partial charge in [-0.2, -0.15) is 5.10 Å². The first kappa shape index (κ1) is 13.7. The Hall–Kier alpha value is -2.70. The van der Waals surface area contributed by atoms with Crippen molar-refractivity contribution in [1.82, 2.24) is 20.1 Å². The molecule has 0 aliphatic carbocycles. The Bertz CT molecular complexity index is 663. The summed E-state index contributed by atoms with van der Waals surface area (Å²) in [6.07, 6.45) is 3.04. The van der Waals surface area contributed by atoms with Crippen molar-refractivity contribution in [2.75, 3.05) is 0 Å². The standard InChI is InChI=1S/C13H14N4O3/c1-8-9(7-16-17(8)2)6-15-12(18)11-10(13(19)20)4-3-5-14-11/h3-5,7H,6H2,1-2H3,(H,15,18)(H,19,20). The van der Waals surface area contributed by atoms with Crippen LogP contribution in [0, 0.1) is 6.92 Å². The number of aryl methyl sites for hydroxylation is 1. The number of nitrogens with zero attached hydrogens (tertiary/aromatic N) is 3. The number of aromatic carboxylic acids is 1. The highest BCUT2D eigenvalue weighted by atomic mass is 16.4. The number of carbonyl (C=O) groups excluding carboxylic acids is 1. The third kappa shape index (κ3) is 2.66. The maximum absolute atomic E-state index is 12.0. The number of rotatable bonds is 4. The molecule has 0 unspecified atom stereocenters. The summed E-state index contributed by atoms with van der Waals surface area (Å²) in [6, 6.07) is 2.82. The van der Waals surface area contributed by atoms with Gasteiger partial charge in [0, 0.05) is 31.0 Å². The molecule has 0 spiro atoms. The van der Waals surface area contributed by atoms with Crippen molar-refractivity contribution >= 4 is 11.9 Å². The number of nitrogens with one attached hydrogen (secondary N) is 1. The summed E-state index contributed by atoms with van der Waals surface area (Å²) in [5.41, 5.74) is 1.59. The summed E-state index contributed by atoms with van der Waals surface area (Å²) in [5.74, 6) is -1.70. The quantitative estimate of drug-likeness (QED) is 0.857. The molecule has 0 aromatic carbocycles. The van der Waals surface area contributed by atoms with E-state index < -0.39 is 11.9 Å². The van der Waals surface area contributed by atoms with Crippen molar-refractivity contribution in [2.45, 2.75) is 13.5 Å². The van der Waals surface area contributed by atoms with Gasteiger partial charge in [0.2, 0.25) is 0 Å². The monoisotopic (exact) mass is 274 g/mol.